The summed E-state index contributed by atoms with van der Waals surface area (Å²) in [6, 6.07) is 0.963. The van der Waals surface area contributed by atoms with E-state index in [2.05, 4.69) is 30.7 Å². The van der Waals surface area contributed by atoms with Crippen LogP contribution >= 0.6 is 11.3 Å². The predicted octanol–water partition coefficient (Wildman–Crippen LogP) is 1.96. The number of nitrogens with zero attached hydrogens (tertiary/aromatic N) is 7. The molecule has 0 atom stereocenters. The molecule has 1 aliphatic heterocycles. The van der Waals surface area contributed by atoms with Crippen molar-refractivity contribution in [3.63, 3.8) is 0 Å². The lowest BCUT2D eigenvalue weighted by Crippen LogP contribution is -2.42. The Morgan fingerprint density at radius 1 is 1.26 bits per heavy atom. The fourth-order valence-corrected chi connectivity index (χ4v) is 4.79. The fraction of sp³-hybridized carbons (Fsp3) is 0.318. The highest BCUT2D eigenvalue weighted by molar-refractivity contribution is 7.13. The van der Waals surface area contributed by atoms with Crippen LogP contribution in [-0.2, 0) is 24.6 Å². The van der Waals surface area contributed by atoms with E-state index in [9.17, 15) is 27.6 Å². The molecular formula is C22H20F3N9O4S. The molecule has 5 heterocycles. The van der Waals surface area contributed by atoms with Crippen LogP contribution in [0.15, 0.2) is 31.8 Å². The van der Waals surface area contributed by atoms with Gasteiger partial charge >= 0.3 is 11.9 Å². The molecule has 0 saturated carbocycles. The molecule has 204 valence electrons. The number of nitrogens with one attached hydrogen (secondary N) is 2. The van der Waals surface area contributed by atoms with E-state index >= 15 is 0 Å². The smallest absolute Gasteiger partial charge is 0.352 e. The van der Waals surface area contributed by atoms with Crippen molar-refractivity contribution in [1.29, 1.82) is 0 Å². The number of aryl methyl sites for hydroxylation is 2. The van der Waals surface area contributed by atoms with Gasteiger partial charge in [-0.05, 0) is 19.9 Å². The van der Waals surface area contributed by atoms with Crippen LogP contribution in [0.1, 0.15) is 23.0 Å². The maximum atomic E-state index is 13.3. The van der Waals surface area contributed by atoms with Crippen molar-refractivity contribution < 1.29 is 22.5 Å². The number of halogens is 3. The van der Waals surface area contributed by atoms with Gasteiger partial charge in [-0.25, -0.2) is 14.3 Å². The summed E-state index contributed by atoms with van der Waals surface area (Å²) in [6.45, 7) is 2.43. The van der Waals surface area contributed by atoms with Crippen molar-refractivity contribution in [3.05, 3.63) is 61.5 Å². The van der Waals surface area contributed by atoms with Gasteiger partial charge in [0.15, 0.2) is 5.82 Å². The van der Waals surface area contributed by atoms with Crippen molar-refractivity contribution in [2.45, 2.75) is 26.6 Å². The van der Waals surface area contributed by atoms with Crippen molar-refractivity contribution in [2.75, 3.05) is 28.7 Å². The molecule has 0 spiro atoms. The van der Waals surface area contributed by atoms with Gasteiger partial charge in [0, 0.05) is 29.9 Å². The maximum Gasteiger partial charge on any atom is 0.418 e. The van der Waals surface area contributed by atoms with Gasteiger partial charge in [-0.2, -0.15) is 18.2 Å². The average molecular weight is 564 g/mol. The molecule has 5 rings (SSSR count). The monoisotopic (exact) mass is 563 g/mol. The number of fused-ring (bicyclic) bond motifs is 1. The molecule has 1 amide bonds. The standard InChI is InChI=1S/C22H20F3N9O4S/c1-10-13(22(23,24)25)4-12(5-26-10)19-30-14(8-39-19)29-15(35)6-33-9-27-18-17(33)20(36)34(21(37)32(18)3)7-16-28-11(2)31-38-16/h4-5,8,27H,6-7,9H2,1-3H3,(H,29,35). The van der Waals surface area contributed by atoms with Crippen LogP contribution in [0.3, 0.4) is 0 Å². The zero-order valence-electron chi connectivity index (χ0n) is 20.7. The van der Waals surface area contributed by atoms with E-state index in [4.69, 9.17) is 4.52 Å². The van der Waals surface area contributed by atoms with Crippen LogP contribution in [0, 0.1) is 13.8 Å². The number of carbonyl (C=O) groups is 1. The lowest BCUT2D eigenvalue weighted by atomic mass is 10.1. The largest absolute Gasteiger partial charge is 0.418 e. The molecule has 0 unspecified atom stereocenters. The van der Waals surface area contributed by atoms with Crippen molar-refractivity contribution in [1.82, 2.24) is 29.2 Å². The Bertz CT molecular complexity index is 1710. The van der Waals surface area contributed by atoms with E-state index < -0.39 is 28.9 Å². The molecule has 0 aromatic carbocycles. The van der Waals surface area contributed by atoms with Gasteiger partial charge < -0.3 is 20.1 Å². The highest BCUT2D eigenvalue weighted by Crippen LogP contribution is 2.35. The zero-order valence-corrected chi connectivity index (χ0v) is 21.5. The first-order valence-corrected chi connectivity index (χ1v) is 12.2. The molecule has 1 aliphatic rings. The number of aromatic nitrogens is 6. The van der Waals surface area contributed by atoms with Crippen LogP contribution in [0.25, 0.3) is 10.6 Å². The predicted molar refractivity (Wildman–Crippen MR) is 134 cm³/mol. The zero-order chi connectivity index (χ0) is 28.1. The topological polar surface area (TPSA) is 153 Å². The minimum atomic E-state index is -4.56. The molecule has 0 radical (unpaired) electrons. The Morgan fingerprint density at radius 2 is 2.03 bits per heavy atom. The summed E-state index contributed by atoms with van der Waals surface area (Å²) in [5.74, 6) is 0.269. The number of hydrogen-bond acceptors (Lipinski definition) is 11. The number of pyridine rings is 1. The van der Waals surface area contributed by atoms with Crippen LogP contribution in [0.5, 0.6) is 0 Å². The fourth-order valence-electron chi connectivity index (χ4n) is 4.06. The van der Waals surface area contributed by atoms with E-state index in [0.29, 0.717) is 5.82 Å². The Hall–Kier alpha value is -4.54. The first kappa shape index (κ1) is 26.1. The summed E-state index contributed by atoms with van der Waals surface area (Å²) in [4.78, 5) is 52.3. The van der Waals surface area contributed by atoms with Gasteiger partial charge in [0.05, 0.1) is 18.8 Å². The SMILES string of the molecule is Cc1noc(Cn2c(=O)c3c(n(C)c2=O)NCN3CC(=O)Nc2csc(-c3cnc(C)c(C(F)(F)F)c3)n2)n1. The van der Waals surface area contributed by atoms with Crippen molar-refractivity contribution in [2.24, 2.45) is 7.05 Å². The maximum absolute atomic E-state index is 13.3. The molecule has 2 N–H and O–H groups in total. The highest BCUT2D eigenvalue weighted by Gasteiger charge is 2.34. The molecule has 0 fully saturated rings. The Kier molecular flexibility index (Phi) is 6.45. The van der Waals surface area contributed by atoms with Gasteiger partial charge in [0.25, 0.3) is 5.56 Å². The van der Waals surface area contributed by atoms with E-state index in [1.54, 1.807) is 6.92 Å². The third-order valence-electron chi connectivity index (χ3n) is 5.89. The quantitative estimate of drug-likeness (QED) is 0.356. The summed E-state index contributed by atoms with van der Waals surface area (Å²) < 4.78 is 47.0. The van der Waals surface area contributed by atoms with Gasteiger partial charge in [0.1, 0.15) is 28.9 Å². The Morgan fingerprint density at radius 3 is 2.72 bits per heavy atom. The normalized spacial score (nSPS) is 12.9. The summed E-state index contributed by atoms with van der Waals surface area (Å²) in [7, 11) is 1.48. The van der Waals surface area contributed by atoms with E-state index in [0.717, 1.165) is 22.0 Å². The van der Waals surface area contributed by atoms with Crippen molar-refractivity contribution in [3.8, 4) is 10.6 Å². The Labute approximate surface area is 220 Å². The highest BCUT2D eigenvalue weighted by atomic mass is 32.1. The van der Waals surface area contributed by atoms with E-state index in [1.807, 2.05) is 0 Å². The molecule has 0 saturated heterocycles. The van der Waals surface area contributed by atoms with E-state index in [1.165, 1.54) is 35.0 Å². The molecule has 4 aromatic heterocycles. The summed E-state index contributed by atoms with van der Waals surface area (Å²) in [5, 5.41) is 10.9. The third-order valence-corrected chi connectivity index (χ3v) is 6.78. The third kappa shape index (κ3) is 4.99. The number of amides is 1. The van der Waals surface area contributed by atoms with Gasteiger partial charge in [-0.15, -0.1) is 11.3 Å². The second-order valence-corrected chi connectivity index (χ2v) is 9.50. The molecule has 13 nitrogen and oxygen atoms in total. The number of thiazole rings is 1. The lowest BCUT2D eigenvalue weighted by molar-refractivity contribution is -0.138. The van der Waals surface area contributed by atoms with Crippen molar-refractivity contribution >= 4 is 34.6 Å². The number of carbonyl (C=O) groups excluding carboxylic acids is 1. The second-order valence-electron chi connectivity index (χ2n) is 8.64. The summed E-state index contributed by atoms with van der Waals surface area (Å²) in [5.41, 5.74) is -2.01. The first-order chi connectivity index (χ1) is 18.4. The van der Waals surface area contributed by atoms with Crippen LogP contribution in [0.4, 0.5) is 30.5 Å². The number of rotatable bonds is 6. The molecule has 17 heteroatoms. The second kappa shape index (κ2) is 9.64. The number of hydrogen-bond donors (Lipinski definition) is 2. The summed E-state index contributed by atoms with van der Waals surface area (Å²) >= 11 is 1.04. The minimum Gasteiger partial charge on any atom is -0.352 e. The molecule has 0 bridgehead atoms. The van der Waals surface area contributed by atoms with Crippen LogP contribution in [-0.4, -0.2) is 48.4 Å². The number of alkyl halides is 3. The molecular weight excluding hydrogens is 543 g/mol. The van der Waals surface area contributed by atoms with Gasteiger partial charge in [0.2, 0.25) is 11.8 Å². The first-order valence-electron chi connectivity index (χ1n) is 11.3. The molecule has 39 heavy (non-hydrogen) atoms. The lowest BCUT2D eigenvalue weighted by Gasteiger charge is -2.17. The van der Waals surface area contributed by atoms with Crippen LogP contribution < -0.4 is 26.8 Å². The van der Waals surface area contributed by atoms with Crippen LogP contribution in [0.2, 0.25) is 0 Å². The number of anilines is 3. The van der Waals surface area contributed by atoms with Gasteiger partial charge in [-0.1, -0.05) is 5.16 Å². The minimum absolute atomic E-state index is 0.0759. The van der Waals surface area contributed by atoms with Gasteiger partial charge in [-0.3, -0.25) is 19.1 Å². The Balaban J connectivity index is 1.34. The molecule has 0 aliphatic carbocycles. The average Bonchev–Trinajstić information content (AvgIpc) is 3.60. The summed E-state index contributed by atoms with van der Waals surface area (Å²) in [6.07, 6.45) is -3.28. The van der Waals surface area contributed by atoms with E-state index in [-0.39, 0.29) is 59.2 Å². The molecule has 4 aromatic rings.